The third-order valence-electron chi connectivity index (χ3n) is 4.29. The minimum Gasteiger partial charge on any atom is -0.493 e. The van der Waals surface area contributed by atoms with Crippen LogP contribution in [0.3, 0.4) is 0 Å². The molecule has 0 spiro atoms. The highest BCUT2D eigenvalue weighted by Gasteiger charge is 2.36. The molecule has 1 aliphatic rings. The number of hydrogen-bond donors (Lipinski definition) is 1. The lowest BCUT2D eigenvalue weighted by Gasteiger charge is -2.20. The second-order valence-electron chi connectivity index (χ2n) is 6.11. The minimum atomic E-state index is -0.854. The van der Waals surface area contributed by atoms with Crippen LogP contribution in [0.1, 0.15) is 31.9 Å². The van der Waals surface area contributed by atoms with Gasteiger partial charge >= 0.3 is 0 Å². The third kappa shape index (κ3) is 3.97. The first-order chi connectivity index (χ1) is 11.9. The maximum atomic E-state index is 12.5. The molecule has 1 heterocycles. The number of methoxy groups -OCH3 is 3. The minimum absolute atomic E-state index is 0.0347. The largest absolute Gasteiger partial charge is 0.493 e. The number of nitriles is 1. The normalized spacial score (nSPS) is 23.4. The van der Waals surface area contributed by atoms with Crippen LogP contribution in [0, 0.1) is 17.2 Å². The predicted molar refractivity (Wildman–Crippen MR) is 90.7 cm³/mol. The molecule has 0 saturated carbocycles. The molecule has 25 heavy (non-hydrogen) atoms. The predicted octanol–water partition coefficient (Wildman–Crippen LogP) is 2.21. The van der Waals surface area contributed by atoms with Crippen molar-refractivity contribution in [1.29, 1.82) is 5.26 Å². The highest BCUT2D eigenvalue weighted by Crippen LogP contribution is 2.39. The van der Waals surface area contributed by atoms with Crippen LogP contribution >= 0.6 is 0 Å². The molecule has 1 aliphatic heterocycles. The number of carbonyl (C=O) groups is 1. The Hall–Kier alpha value is -2.46. The molecular formula is C18H24N2O5. The van der Waals surface area contributed by atoms with E-state index in [0.29, 0.717) is 22.8 Å². The zero-order chi connectivity index (χ0) is 18.6. The Labute approximate surface area is 147 Å². The van der Waals surface area contributed by atoms with E-state index in [-0.39, 0.29) is 17.9 Å². The summed E-state index contributed by atoms with van der Waals surface area (Å²) in [7, 11) is 4.50. The Morgan fingerprint density at radius 2 is 1.84 bits per heavy atom. The van der Waals surface area contributed by atoms with E-state index in [9.17, 15) is 10.1 Å². The smallest absolute Gasteiger partial charge is 0.250 e. The van der Waals surface area contributed by atoms with E-state index in [1.54, 1.807) is 12.1 Å². The van der Waals surface area contributed by atoms with Gasteiger partial charge in [-0.25, -0.2) is 0 Å². The lowest BCUT2D eigenvalue weighted by atomic mass is 10.0. The molecule has 1 aromatic carbocycles. The number of ether oxygens (including phenoxy) is 4. The number of nitrogens with one attached hydrogen (secondary N) is 1. The van der Waals surface area contributed by atoms with Gasteiger partial charge in [-0.15, -0.1) is 0 Å². The molecule has 0 aromatic heterocycles. The van der Waals surface area contributed by atoms with E-state index in [4.69, 9.17) is 18.9 Å². The molecule has 1 saturated heterocycles. The van der Waals surface area contributed by atoms with Crippen LogP contribution in [0.15, 0.2) is 12.1 Å². The van der Waals surface area contributed by atoms with Gasteiger partial charge in [-0.3, -0.25) is 4.79 Å². The van der Waals surface area contributed by atoms with Gasteiger partial charge in [-0.2, -0.15) is 5.26 Å². The van der Waals surface area contributed by atoms with Gasteiger partial charge in [0.2, 0.25) is 5.75 Å². The summed E-state index contributed by atoms with van der Waals surface area (Å²) in [5.41, 5.74) is 0.545. The average molecular weight is 348 g/mol. The van der Waals surface area contributed by atoms with Gasteiger partial charge < -0.3 is 24.3 Å². The van der Waals surface area contributed by atoms with Crippen LogP contribution in [0.4, 0.5) is 0 Å². The van der Waals surface area contributed by atoms with Gasteiger partial charge in [0.25, 0.3) is 5.91 Å². The first kappa shape index (κ1) is 18.9. The third-order valence-corrected chi connectivity index (χ3v) is 4.29. The Kier molecular flexibility index (Phi) is 6.10. The number of rotatable bonds is 6. The van der Waals surface area contributed by atoms with Crippen LogP contribution in [-0.4, -0.2) is 39.4 Å². The summed E-state index contributed by atoms with van der Waals surface area (Å²) in [6, 6.07) is 4.55. The van der Waals surface area contributed by atoms with Crippen molar-refractivity contribution in [2.75, 3.05) is 21.3 Å². The molecule has 1 fully saturated rings. The summed E-state index contributed by atoms with van der Waals surface area (Å²) in [4.78, 5) is 12.5. The molecule has 4 unspecified atom stereocenters. The summed E-state index contributed by atoms with van der Waals surface area (Å²) in [6.45, 7) is 3.90. The summed E-state index contributed by atoms with van der Waals surface area (Å²) >= 11 is 0. The summed E-state index contributed by atoms with van der Waals surface area (Å²) in [5, 5.41) is 12.3. The number of benzene rings is 1. The van der Waals surface area contributed by atoms with Gasteiger partial charge in [0, 0.05) is 0 Å². The Morgan fingerprint density at radius 1 is 1.24 bits per heavy atom. The molecule has 1 aromatic rings. The summed E-state index contributed by atoms with van der Waals surface area (Å²) in [5.74, 6) is 1.08. The molecule has 4 atom stereocenters. The first-order valence-electron chi connectivity index (χ1n) is 8.10. The van der Waals surface area contributed by atoms with Crippen LogP contribution in [-0.2, 0) is 9.53 Å². The summed E-state index contributed by atoms with van der Waals surface area (Å²) < 4.78 is 21.5. The number of amides is 1. The average Bonchev–Trinajstić information content (AvgIpc) is 2.96. The van der Waals surface area contributed by atoms with Gasteiger partial charge in [0.1, 0.15) is 12.1 Å². The fraction of sp³-hybridized carbons (Fsp3) is 0.556. The molecular weight excluding hydrogens is 324 g/mol. The quantitative estimate of drug-likeness (QED) is 0.848. The van der Waals surface area contributed by atoms with Crippen molar-refractivity contribution >= 4 is 5.91 Å². The van der Waals surface area contributed by atoms with E-state index in [0.717, 1.165) is 6.42 Å². The molecule has 0 aliphatic carbocycles. The molecule has 2 rings (SSSR count). The zero-order valence-electron chi connectivity index (χ0n) is 15.2. The van der Waals surface area contributed by atoms with Crippen molar-refractivity contribution in [2.45, 2.75) is 38.5 Å². The van der Waals surface area contributed by atoms with Crippen molar-refractivity contribution < 1.29 is 23.7 Å². The van der Waals surface area contributed by atoms with Crippen LogP contribution in [0.25, 0.3) is 0 Å². The highest BCUT2D eigenvalue weighted by atomic mass is 16.5. The van der Waals surface area contributed by atoms with Crippen molar-refractivity contribution in [1.82, 2.24) is 5.32 Å². The second-order valence-corrected chi connectivity index (χ2v) is 6.11. The number of carbonyl (C=O) groups excluding carboxylic acids is 1. The van der Waals surface area contributed by atoms with E-state index in [2.05, 4.69) is 11.4 Å². The lowest BCUT2D eigenvalue weighted by Crippen LogP contribution is -2.39. The Morgan fingerprint density at radius 3 is 2.24 bits per heavy atom. The second kappa shape index (κ2) is 8.08. The maximum Gasteiger partial charge on any atom is 0.250 e. The number of nitrogens with zero attached hydrogens (tertiary/aromatic N) is 1. The molecule has 1 amide bonds. The van der Waals surface area contributed by atoms with Crippen molar-refractivity contribution in [3.8, 4) is 23.3 Å². The van der Waals surface area contributed by atoms with Gasteiger partial charge in [-0.1, -0.05) is 6.92 Å². The highest BCUT2D eigenvalue weighted by molar-refractivity contribution is 5.82. The van der Waals surface area contributed by atoms with Crippen LogP contribution in [0.2, 0.25) is 0 Å². The van der Waals surface area contributed by atoms with Gasteiger partial charge in [-0.05, 0) is 37.0 Å². The molecule has 136 valence electrons. The molecule has 0 radical (unpaired) electrons. The maximum absolute atomic E-state index is 12.5. The molecule has 1 N–H and O–H groups in total. The van der Waals surface area contributed by atoms with E-state index in [1.807, 2.05) is 13.8 Å². The van der Waals surface area contributed by atoms with E-state index < -0.39 is 12.1 Å². The van der Waals surface area contributed by atoms with Crippen molar-refractivity contribution in [3.63, 3.8) is 0 Å². The topological polar surface area (TPSA) is 89.8 Å². The van der Waals surface area contributed by atoms with Crippen molar-refractivity contribution in [3.05, 3.63) is 17.7 Å². The molecule has 0 bridgehead atoms. The zero-order valence-corrected chi connectivity index (χ0v) is 15.2. The standard InChI is InChI=1S/C18H24N2O5/c1-10-6-11(2)25-16(10)18(21)20-13(9-19)12-7-14(22-3)17(24-5)15(8-12)23-4/h7-8,10-11,13,16H,6H2,1-5H3,(H,20,21). The van der Waals surface area contributed by atoms with Crippen molar-refractivity contribution in [2.24, 2.45) is 5.92 Å². The van der Waals surface area contributed by atoms with Crippen LogP contribution < -0.4 is 19.5 Å². The Balaban J connectivity index is 2.26. The van der Waals surface area contributed by atoms with Crippen LogP contribution in [0.5, 0.6) is 17.2 Å². The lowest BCUT2D eigenvalue weighted by molar-refractivity contribution is -0.133. The molecule has 7 heteroatoms. The first-order valence-corrected chi connectivity index (χ1v) is 8.10. The fourth-order valence-electron chi connectivity index (χ4n) is 3.09. The number of hydrogen-bond acceptors (Lipinski definition) is 6. The molecule has 7 nitrogen and oxygen atoms in total. The fourth-order valence-corrected chi connectivity index (χ4v) is 3.09. The summed E-state index contributed by atoms with van der Waals surface area (Å²) in [6.07, 6.45) is 0.305. The monoisotopic (exact) mass is 348 g/mol. The van der Waals surface area contributed by atoms with E-state index in [1.165, 1.54) is 21.3 Å². The SMILES string of the molecule is COc1cc(C(C#N)NC(=O)C2OC(C)CC2C)cc(OC)c1OC. The van der Waals surface area contributed by atoms with Gasteiger partial charge in [0.05, 0.1) is 33.5 Å². The van der Waals surface area contributed by atoms with Gasteiger partial charge in [0.15, 0.2) is 11.5 Å². The Bertz CT molecular complexity index is 645. The van der Waals surface area contributed by atoms with E-state index >= 15 is 0 Å².